The Morgan fingerprint density at radius 1 is 1.13 bits per heavy atom. The summed E-state index contributed by atoms with van der Waals surface area (Å²) in [6.07, 6.45) is 10.1. The van der Waals surface area contributed by atoms with Gasteiger partial charge in [0, 0.05) is 0 Å². The molecule has 120 valence electrons. The van der Waals surface area contributed by atoms with Crippen LogP contribution in [0, 0.1) is 0 Å². The van der Waals surface area contributed by atoms with Crippen LogP contribution in [0.2, 0.25) is 0 Å². The number of ether oxygens (including phenoxy) is 1. The van der Waals surface area contributed by atoms with Crippen molar-refractivity contribution >= 4 is 18.0 Å². The number of aliphatic carboxylic acids is 1. The Kier molecular flexibility index (Phi) is 7.86. The number of carbonyl (C=O) groups excluding carboxylic acids is 1. The minimum absolute atomic E-state index is 0.135. The number of carboxylic acid groups (broad SMARTS) is 1. The average molecular weight is 312 g/mol. The maximum Gasteiger partial charge on any atom is 0.345 e. The molecule has 0 aliphatic heterocycles. The van der Waals surface area contributed by atoms with Crippen molar-refractivity contribution in [3.8, 4) is 0 Å². The Morgan fingerprint density at radius 2 is 1.83 bits per heavy atom. The monoisotopic (exact) mass is 312 g/mol. The normalized spacial score (nSPS) is 12.8. The number of allylic oxidation sites excluding steroid dienone is 6. The van der Waals surface area contributed by atoms with Crippen LogP contribution < -0.4 is 0 Å². The first-order valence-electron chi connectivity index (χ1n) is 7.23. The Hall–Kier alpha value is -2.88. The van der Waals surface area contributed by atoms with E-state index in [-0.39, 0.29) is 6.61 Å². The van der Waals surface area contributed by atoms with Gasteiger partial charge in [0.2, 0.25) is 0 Å². The minimum atomic E-state index is -1.31. The highest BCUT2D eigenvalue weighted by molar-refractivity contribution is 6.13. The van der Waals surface area contributed by atoms with Crippen LogP contribution in [0.15, 0.2) is 71.9 Å². The molecule has 0 unspecified atom stereocenters. The van der Waals surface area contributed by atoms with Crippen molar-refractivity contribution in [1.29, 1.82) is 0 Å². The molecule has 1 aromatic rings. The van der Waals surface area contributed by atoms with E-state index < -0.39 is 17.5 Å². The zero-order valence-electron chi connectivity index (χ0n) is 13.2. The number of carboxylic acids is 1. The molecule has 0 fully saturated rings. The molecule has 0 atom stereocenters. The highest BCUT2D eigenvalue weighted by Crippen LogP contribution is 2.07. The van der Waals surface area contributed by atoms with Crippen molar-refractivity contribution in [1.82, 2.24) is 0 Å². The van der Waals surface area contributed by atoms with E-state index in [1.807, 2.05) is 49.4 Å². The van der Waals surface area contributed by atoms with Crippen molar-refractivity contribution in [2.24, 2.45) is 0 Å². The number of esters is 1. The summed E-state index contributed by atoms with van der Waals surface area (Å²) in [5, 5.41) is 8.95. The van der Waals surface area contributed by atoms with Crippen LogP contribution in [0.25, 0.3) is 6.08 Å². The van der Waals surface area contributed by atoms with Gasteiger partial charge in [-0.1, -0.05) is 66.3 Å². The Morgan fingerprint density at radius 3 is 2.43 bits per heavy atom. The van der Waals surface area contributed by atoms with Gasteiger partial charge >= 0.3 is 11.9 Å². The average Bonchev–Trinajstić information content (AvgIpc) is 2.51. The fraction of sp³-hybridized carbons (Fsp3) is 0.158. The minimum Gasteiger partial charge on any atom is -0.477 e. The second-order valence-electron chi connectivity index (χ2n) is 4.65. The SMILES string of the molecule is CCOC(=O)C(=CC=CC=CC(C)=Cc1ccccc1)C(=O)O. The van der Waals surface area contributed by atoms with E-state index in [0.29, 0.717) is 0 Å². The lowest BCUT2D eigenvalue weighted by Crippen LogP contribution is -2.15. The molecule has 0 saturated heterocycles. The van der Waals surface area contributed by atoms with Crippen molar-refractivity contribution in [3.63, 3.8) is 0 Å². The summed E-state index contributed by atoms with van der Waals surface area (Å²) in [7, 11) is 0. The highest BCUT2D eigenvalue weighted by Gasteiger charge is 2.16. The fourth-order valence-corrected chi connectivity index (χ4v) is 1.72. The molecular formula is C19H20O4. The smallest absolute Gasteiger partial charge is 0.345 e. The zero-order valence-corrected chi connectivity index (χ0v) is 13.2. The Balaban J connectivity index is 2.69. The molecule has 0 aromatic heterocycles. The summed E-state index contributed by atoms with van der Waals surface area (Å²) < 4.78 is 4.68. The van der Waals surface area contributed by atoms with Crippen molar-refractivity contribution in [2.45, 2.75) is 13.8 Å². The first kappa shape index (κ1) is 18.2. The van der Waals surface area contributed by atoms with Crippen molar-refractivity contribution in [2.75, 3.05) is 6.61 Å². The number of rotatable bonds is 7. The summed E-state index contributed by atoms with van der Waals surface area (Å²) in [6, 6.07) is 9.91. The lowest BCUT2D eigenvalue weighted by atomic mass is 10.1. The predicted molar refractivity (Wildman–Crippen MR) is 90.7 cm³/mol. The summed E-state index contributed by atoms with van der Waals surface area (Å²) in [6.45, 7) is 3.73. The van der Waals surface area contributed by atoms with Gasteiger partial charge in [-0.25, -0.2) is 9.59 Å². The van der Waals surface area contributed by atoms with Crippen molar-refractivity contribution in [3.05, 3.63) is 77.4 Å². The van der Waals surface area contributed by atoms with E-state index in [4.69, 9.17) is 5.11 Å². The van der Waals surface area contributed by atoms with Crippen LogP contribution in [-0.2, 0) is 14.3 Å². The Labute approximate surface area is 136 Å². The molecule has 0 bridgehead atoms. The van der Waals surface area contributed by atoms with E-state index in [1.165, 1.54) is 12.2 Å². The molecule has 0 heterocycles. The van der Waals surface area contributed by atoms with Crippen LogP contribution in [0.5, 0.6) is 0 Å². The van der Waals surface area contributed by atoms with E-state index in [0.717, 1.165) is 11.1 Å². The van der Waals surface area contributed by atoms with Crippen LogP contribution in [0.3, 0.4) is 0 Å². The quantitative estimate of drug-likeness (QED) is 0.274. The van der Waals surface area contributed by atoms with Crippen LogP contribution in [-0.4, -0.2) is 23.7 Å². The third kappa shape index (κ3) is 7.09. The fourth-order valence-electron chi connectivity index (χ4n) is 1.72. The van der Waals surface area contributed by atoms with E-state index in [1.54, 1.807) is 19.1 Å². The van der Waals surface area contributed by atoms with E-state index >= 15 is 0 Å². The molecule has 1 N–H and O–H groups in total. The molecule has 1 aromatic carbocycles. The summed E-state index contributed by atoms with van der Waals surface area (Å²) in [5.41, 5.74) is 1.76. The summed E-state index contributed by atoms with van der Waals surface area (Å²) >= 11 is 0. The van der Waals surface area contributed by atoms with Crippen LogP contribution >= 0.6 is 0 Å². The zero-order chi connectivity index (χ0) is 17.1. The van der Waals surface area contributed by atoms with Gasteiger partial charge in [-0.2, -0.15) is 0 Å². The van der Waals surface area contributed by atoms with Gasteiger partial charge in [-0.05, 0) is 25.5 Å². The lowest BCUT2D eigenvalue weighted by Gasteiger charge is -2.00. The second kappa shape index (κ2) is 9.95. The third-order valence-electron chi connectivity index (χ3n) is 2.76. The number of hydrogen-bond acceptors (Lipinski definition) is 3. The highest BCUT2D eigenvalue weighted by atomic mass is 16.5. The van der Waals surface area contributed by atoms with Gasteiger partial charge in [0.25, 0.3) is 0 Å². The van der Waals surface area contributed by atoms with Crippen LogP contribution in [0.1, 0.15) is 19.4 Å². The number of carbonyl (C=O) groups is 2. The van der Waals surface area contributed by atoms with E-state index in [9.17, 15) is 9.59 Å². The standard InChI is InChI=1S/C19H20O4/c1-3-23-19(22)17(18(20)21)13-9-4-6-10-15(2)14-16-11-7-5-8-12-16/h4-14H,3H2,1-2H3,(H,20,21). The van der Waals surface area contributed by atoms with Gasteiger partial charge in [0.1, 0.15) is 5.57 Å². The first-order valence-corrected chi connectivity index (χ1v) is 7.23. The van der Waals surface area contributed by atoms with Gasteiger partial charge in [-0.3, -0.25) is 0 Å². The van der Waals surface area contributed by atoms with Gasteiger partial charge < -0.3 is 9.84 Å². The van der Waals surface area contributed by atoms with Gasteiger partial charge in [0.05, 0.1) is 6.61 Å². The molecule has 0 radical (unpaired) electrons. The maximum atomic E-state index is 11.4. The third-order valence-corrected chi connectivity index (χ3v) is 2.76. The molecule has 23 heavy (non-hydrogen) atoms. The Bertz CT molecular complexity index is 649. The number of benzene rings is 1. The van der Waals surface area contributed by atoms with Crippen molar-refractivity contribution < 1.29 is 19.4 Å². The number of hydrogen-bond donors (Lipinski definition) is 1. The summed E-state index contributed by atoms with van der Waals surface area (Å²) in [4.78, 5) is 22.4. The largest absolute Gasteiger partial charge is 0.477 e. The lowest BCUT2D eigenvalue weighted by molar-refractivity contribution is -0.143. The summed E-state index contributed by atoms with van der Waals surface area (Å²) in [5.74, 6) is -2.15. The molecule has 0 amide bonds. The predicted octanol–water partition coefficient (Wildman–Crippen LogP) is 3.78. The second-order valence-corrected chi connectivity index (χ2v) is 4.65. The molecule has 1 rings (SSSR count). The molecule has 0 saturated carbocycles. The van der Waals surface area contributed by atoms with E-state index in [2.05, 4.69) is 4.74 Å². The topological polar surface area (TPSA) is 63.6 Å². The maximum absolute atomic E-state index is 11.4. The molecule has 0 aliphatic carbocycles. The van der Waals surface area contributed by atoms with Crippen LogP contribution in [0.4, 0.5) is 0 Å². The first-order chi connectivity index (χ1) is 11.0. The molecular weight excluding hydrogens is 292 g/mol. The molecule has 0 spiro atoms. The molecule has 4 nitrogen and oxygen atoms in total. The van der Waals surface area contributed by atoms with Gasteiger partial charge in [0.15, 0.2) is 0 Å². The molecule has 0 aliphatic rings. The van der Waals surface area contributed by atoms with Gasteiger partial charge in [-0.15, -0.1) is 0 Å². The molecule has 4 heteroatoms.